The van der Waals surface area contributed by atoms with E-state index in [1.54, 1.807) is 24.3 Å². The minimum absolute atomic E-state index is 0.178. The lowest BCUT2D eigenvalue weighted by Crippen LogP contribution is -2.57. The summed E-state index contributed by atoms with van der Waals surface area (Å²) in [5.41, 5.74) is 0.573. The third-order valence-electron chi connectivity index (χ3n) is 5.86. The van der Waals surface area contributed by atoms with Gasteiger partial charge >= 0.3 is 0 Å². The van der Waals surface area contributed by atoms with Gasteiger partial charge in [-0.25, -0.2) is 0 Å². The SMILES string of the molecule is O=C(NC(=S)NC1C2CC3CC(C2)CC1C3)c1ccc(Cl)cc1. The third-order valence-corrected chi connectivity index (χ3v) is 6.33. The van der Waals surface area contributed by atoms with Crippen LogP contribution in [0.3, 0.4) is 0 Å². The summed E-state index contributed by atoms with van der Waals surface area (Å²) >= 11 is 11.2. The average molecular weight is 349 g/mol. The molecule has 4 bridgehead atoms. The Morgan fingerprint density at radius 1 is 1.00 bits per heavy atom. The molecule has 0 unspecified atom stereocenters. The smallest absolute Gasteiger partial charge is 0.257 e. The lowest BCUT2D eigenvalue weighted by Gasteiger charge is -2.54. The van der Waals surface area contributed by atoms with Crippen LogP contribution >= 0.6 is 23.8 Å². The maximum Gasteiger partial charge on any atom is 0.257 e. The van der Waals surface area contributed by atoms with Gasteiger partial charge in [-0.1, -0.05) is 11.6 Å². The zero-order chi connectivity index (χ0) is 16.0. The fraction of sp³-hybridized carbons (Fsp3) is 0.556. The quantitative estimate of drug-likeness (QED) is 0.799. The number of hydrogen-bond donors (Lipinski definition) is 2. The van der Waals surface area contributed by atoms with Crippen molar-refractivity contribution in [1.82, 2.24) is 10.6 Å². The molecule has 0 spiro atoms. The number of benzene rings is 1. The van der Waals surface area contributed by atoms with Gasteiger partial charge in [0.15, 0.2) is 5.11 Å². The largest absolute Gasteiger partial charge is 0.359 e. The minimum atomic E-state index is -0.178. The summed E-state index contributed by atoms with van der Waals surface area (Å²) in [4.78, 5) is 12.2. The number of carbonyl (C=O) groups is 1. The van der Waals surface area contributed by atoms with Crippen LogP contribution in [0.25, 0.3) is 0 Å². The predicted octanol–water partition coefficient (Wildman–Crippen LogP) is 3.77. The van der Waals surface area contributed by atoms with Crippen molar-refractivity contribution in [3.05, 3.63) is 34.9 Å². The molecule has 1 aromatic rings. The lowest BCUT2D eigenvalue weighted by molar-refractivity contribution is -0.00692. The molecule has 2 N–H and O–H groups in total. The second-order valence-corrected chi connectivity index (χ2v) is 8.24. The highest BCUT2D eigenvalue weighted by molar-refractivity contribution is 7.80. The maximum atomic E-state index is 12.2. The summed E-state index contributed by atoms with van der Waals surface area (Å²) in [7, 11) is 0. The van der Waals surface area contributed by atoms with Gasteiger partial charge in [0, 0.05) is 16.6 Å². The van der Waals surface area contributed by atoms with Gasteiger partial charge in [0.25, 0.3) is 5.91 Å². The van der Waals surface area contributed by atoms with Crippen LogP contribution in [-0.4, -0.2) is 17.1 Å². The fourth-order valence-corrected chi connectivity index (χ4v) is 5.48. The number of rotatable bonds is 2. The van der Waals surface area contributed by atoms with Gasteiger partial charge in [0.2, 0.25) is 0 Å². The van der Waals surface area contributed by atoms with E-state index in [9.17, 15) is 4.79 Å². The van der Waals surface area contributed by atoms with Crippen LogP contribution in [0.15, 0.2) is 24.3 Å². The molecule has 0 radical (unpaired) electrons. The molecule has 0 aliphatic heterocycles. The van der Waals surface area contributed by atoms with Crippen LogP contribution < -0.4 is 10.6 Å². The van der Waals surface area contributed by atoms with E-state index in [-0.39, 0.29) is 5.91 Å². The molecule has 3 nitrogen and oxygen atoms in total. The first kappa shape index (κ1) is 15.4. The maximum absolute atomic E-state index is 12.2. The van der Waals surface area contributed by atoms with Gasteiger partial charge in [0.05, 0.1) is 0 Å². The molecule has 23 heavy (non-hydrogen) atoms. The van der Waals surface area contributed by atoms with Crippen molar-refractivity contribution in [2.75, 3.05) is 0 Å². The van der Waals surface area contributed by atoms with Crippen molar-refractivity contribution in [1.29, 1.82) is 0 Å². The van der Waals surface area contributed by atoms with E-state index in [0.717, 1.165) is 23.7 Å². The predicted molar refractivity (Wildman–Crippen MR) is 95.5 cm³/mol. The van der Waals surface area contributed by atoms with Crippen molar-refractivity contribution in [3.63, 3.8) is 0 Å². The topological polar surface area (TPSA) is 41.1 Å². The van der Waals surface area contributed by atoms with E-state index in [1.807, 2.05) is 0 Å². The molecular weight excluding hydrogens is 328 g/mol. The fourth-order valence-electron chi connectivity index (χ4n) is 5.12. The number of carbonyl (C=O) groups excluding carboxylic acids is 1. The Morgan fingerprint density at radius 2 is 1.57 bits per heavy atom. The molecule has 4 saturated carbocycles. The van der Waals surface area contributed by atoms with Crippen LogP contribution in [0.4, 0.5) is 0 Å². The second-order valence-electron chi connectivity index (χ2n) is 7.39. The van der Waals surface area contributed by atoms with E-state index in [2.05, 4.69) is 10.6 Å². The third kappa shape index (κ3) is 3.11. The highest BCUT2D eigenvalue weighted by Crippen LogP contribution is 2.53. The van der Waals surface area contributed by atoms with Crippen molar-refractivity contribution in [2.45, 2.75) is 38.1 Å². The highest BCUT2D eigenvalue weighted by Gasteiger charge is 2.48. The van der Waals surface area contributed by atoms with Crippen molar-refractivity contribution < 1.29 is 4.79 Å². The van der Waals surface area contributed by atoms with Crippen LogP contribution in [0, 0.1) is 23.7 Å². The van der Waals surface area contributed by atoms with Crippen molar-refractivity contribution in [2.24, 2.45) is 23.7 Å². The molecule has 1 aromatic carbocycles. The minimum Gasteiger partial charge on any atom is -0.359 e. The van der Waals surface area contributed by atoms with E-state index in [1.165, 1.54) is 32.1 Å². The number of halogens is 1. The highest BCUT2D eigenvalue weighted by atomic mass is 35.5. The Labute approximate surface area is 147 Å². The first-order chi connectivity index (χ1) is 11.1. The van der Waals surface area contributed by atoms with Gasteiger partial charge < -0.3 is 5.32 Å². The molecule has 5 heteroatoms. The molecule has 0 atom stereocenters. The number of amides is 1. The van der Waals surface area contributed by atoms with Crippen molar-refractivity contribution >= 4 is 34.8 Å². The van der Waals surface area contributed by atoms with Crippen LogP contribution in [0.5, 0.6) is 0 Å². The Hall–Kier alpha value is -1.13. The monoisotopic (exact) mass is 348 g/mol. The first-order valence-corrected chi connectivity index (χ1v) is 9.24. The molecule has 4 aliphatic carbocycles. The number of nitrogens with one attached hydrogen (secondary N) is 2. The van der Waals surface area contributed by atoms with E-state index in [4.69, 9.17) is 23.8 Å². The van der Waals surface area contributed by atoms with Gasteiger partial charge in [0.1, 0.15) is 0 Å². The molecular formula is C18H21ClN2OS. The summed E-state index contributed by atoms with van der Waals surface area (Å²) in [6.45, 7) is 0. The average Bonchev–Trinajstić information content (AvgIpc) is 2.50. The normalized spacial score (nSPS) is 34.2. The van der Waals surface area contributed by atoms with Gasteiger partial charge in [-0.05, 0) is 92.3 Å². The summed E-state index contributed by atoms with van der Waals surface area (Å²) in [5, 5.41) is 7.34. The van der Waals surface area contributed by atoms with Crippen LogP contribution in [0.1, 0.15) is 42.5 Å². The first-order valence-electron chi connectivity index (χ1n) is 8.46. The zero-order valence-corrected chi connectivity index (χ0v) is 14.5. The Balaban J connectivity index is 1.37. The van der Waals surface area contributed by atoms with Gasteiger partial charge in [-0.15, -0.1) is 0 Å². The number of hydrogen-bond acceptors (Lipinski definition) is 2. The van der Waals surface area contributed by atoms with Crippen LogP contribution in [-0.2, 0) is 0 Å². The summed E-state index contributed by atoms with van der Waals surface area (Å²) in [6.07, 6.45) is 6.77. The second kappa shape index (κ2) is 6.06. The van der Waals surface area contributed by atoms with Crippen molar-refractivity contribution in [3.8, 4) is 0 Å². The molecule has 0 heterocycles. The Kier molecular flexibility index (Phi) is 4.06. The number of thiocarbonyl (C=S) groups is 1. The molecule has 5 rings (SSSR count). The lowest BCUT2D eigenvalue weighted by atomic mass is 9.54. The molecule has 4 fully saturated rings. The standard InChI is InChI=1S/C18H21ClN2OS/c19-15-3-1-12(2-4-15)17(22)21-18(23)20-16-13-6-10-5-11(8-13)9-14(16)7-10/h1-4,10-11,13-14,16H,5-9H2,(H2,20,21,22,23). The van der Waals surface area contributed by atoms with E-state index in [0.29, 0.717) is 21.7 Å². The Bertz CT molecular complexity index is 602. The van der Waals surface area contributed by atoms with E-state index < -0.39 is 0 Å². The van der Waals surface area contributed by atoms with E-state index >= 15 is 0 Å². The molecule has 1 amide bonds. The van der Waals surface area contributed by atoms with Crippen LogP contribution in [0.2, 0.25) is 5.02 Å². The molecule has 0 saturated heterocycles. The molecule has 0 aromatic heterocycles. The van der Waals surface area contributed by atoms with Gasteiger partial charge in [-0.2, -0.15) is 0 Å². The molecule has 4 aliphatic rings. The Morgan fingerprint density at radius 3 is 2.13 bits per heavy atom. The van der Waals surface area contributed by atoms with Gasteiger partial charge in [-0.3, -0.25) is 10.1 Å². The molecule has 122 valence electrons. The summed E-state index contributed by atoms with van der Waals surface area (Å²) < 4.78 is 0. The zero-order valence-electron chi connectivity index (χ0n) is 12.9. The summed E-state index contributed by atoms with van der Waals surface area (Å²) in [5.74, 6) is 3.16. The summed E-state index contributed by atoms with van der Waals surface area (Å²) in [6, 6.07) is 7.29.